The van der Waals surface area contributed by atoms with Crippen LogP contribution in [0.1, 0.15) is 51.9 Å². The molecule has 0 aromatic heterocycles. The fraction of sp³-hybridized carbons (Fsp3) is 0.917. The Kier molecular flexibility index (Phi) is 3.84. The van der Waals surface area contributed by atoms with E-state index < -0.39 is 0 Å². The van der Waals surface area contributed by atoms with Gasteiger partial charge in [-0.2, -0.15) is 0 Å². The third-order valence-corrected chi connectivity index (χ3v) is 4.10. The van der Waals surface area contributed by atoms with Gasteiger partial charge in [0, 0.05) is 18.6 Å². The molecule has 0 aromatic carbocycles. The Balaban J connectivity index is 1.83. The summed E-state index contributed by atoms with van der Waals surface area (Å²) in [5.41, 5.74) is 0. The summed E-state index contributed by atoms with van der Waals surface area (Å²) in [6, 6.07) is 1.30. The molecule has 2 rings (SSSR count). The van der Waals surface area contributed by atoms with E-state index in [0.29, 0.717) is 12.1 Å². The molecular formula is C12H22N2S. The average Bonchev–Trinajstić information content (AvgIpc) is 2.71. The molecule has 1 atom stereocenters. The van der Waals surface area contributed by atoms with E-state index in [-0.39, 0.29) is 0 Å². The number of hydrogen-bond donors (Lipinski definition) is 1. The van der Waals surface area contributed by atoms with Gasteiger partial charge >= 0.3 is 0 Å². The Morgan fingerprint density at radius 2 is 1.80 bits per heavy atom. The molecule has 2 nitrogen and oxygen atoms in total. The molecule has 15 heavy (non-hydrogen) atoms. The first-order chi connectivity index (χ1) is 7.27. The molecule has 0 amide bonds. The maximum atomic E-state index is 5.50. The van der Waals surface area contributed by atoms with Crippen LogP contribution in [-0.4, -0.2) is 28.6 Å². The van der Waals surface area contributed by atoms with Gasteiger partial charge in [-0.1, -0.05) is 12.8 Å². The molecule has 1 saturated carbocycles. The van der Waals surface area contributed by atoms with Crippen LogP contribution in [0, 0.1) is 0 Å². The maximum Gasteiger partial charge on any atom is 0.169 e. The third kappa shape index (κ3) is 2.83. The lowest BCUT2D eigenvalue weighted by atomic mass is 10.0. The van der Waals surface area contributed by atoms with Gasteiger partial charge in [-0.3, -0.25) is 0 Å². The van der Waals surface area contributed by atoms with Gasteiger partial charge in [0.1, 0.15) is 0 Å². The van der Waals surface area contributed by atoms with E-state index in [1.54, 1.807) is 0 Å². The molecule has 3 heteroatoms. The van der Waals surface area contributed by atoms with Crippen molar-refractivity contribution in [2.24, 2.45) is 0 Å². The minimum absolute atomic E-state index is 0.639. The van der Waals surface area contributed by atoms with E-state index in [9.17, 15) is 0 Å². The second-order valence-corrected chi connectivity index (χ2v) is 5.36. The lowest BCUT2D eigenvalue weighted by molar-refractivity contribution is 0.253. The molecule has 0 unspecified atom stereocenters. The predicted molar refractivity (Wildman–Crippen MR) is 68.0 cm³/mol. The summed E-state index contributed by atoms with van der Waals surface area (Å²) in [5.74, 6) is 0. The Bertz CT molecular complexity index is 224. The van der Waals surface area contributed by atoms with Crippen LogP contribution in [-0.2, 0) is 0 Å². The predicted octanol–water partition coefficient (Wildman–Crippen LogP) is 2.68. The number of nitrogens with zero attached hydrogens (tertiary/aromatic N) is 1. The van der Waals surface area contributed by atoms with Crippen molar-refractivity contribution in [3.05, 3.63) is 0 Å². The fourth-order valence-electron chi connectivity index (χ4n) is 2.73. The van der Waals surface area contributed by atoms with Crippen LogP contribution in [0.25, 0.3) is 0 Å². The summed E-state index contributed by atoms with van der Waals surface area (Å²) in [5, 5.41) is 4.54. The first-order valence-corrected chi connectivity index (χ1v) is 6.75. The number of rotatable bonds is 1. The van der Waals surface area contributed by atoms with E-state index in [2.05, 4.69) is 17.1 Å². The SMILES string of the molecule is C[C@@H]1CCCCN1C(=S)NC1CCCC1. The average molecular weight is 226 g/mol. The molecular weight excluding hydrogens is 204 g/mol. The van der Waals surface area contributed by atoms with Crippen molar-refractivity contribution >= 4 is 17.3 Å². The highest BCUT2D eigenvalue weighted by Gasteiger charge is 2.23. The van der Waals surface area contributed by atoms with Gasteiger partial charge in [0.2, 0.25) is 0 Å². The summed E-state index contributed by atoms with van der Waals surface area (Å²) < 4.78 is 0. The van der Waals surface area contributed by atoms with Crippen LogP contribution in [0.15, 0.2) is 0 Å². The summed E-state index contributed by atoms with van der Waals surface area (Å²) in [4.78, 5) is 2.39. The smallest absolute Gasteiger partial charge is 0.169 e. The normalized spacial score (nSPS) is 28.1. The van der Waals surface area contributed by atoms with Crippen molar-refractivity contribution in [1.82, 2.24) is 10.2 Å². The molecule has 2 aliphatic rings. The van der Waals surface area contributed by atoms with Crippen LogP contribution in [0.5, 0.6) is 0 Å². The molecule has 0 bridgehead atoms. The minimum Gasteiger partial charge on any atom is -0.360 e. The summed E-state index contributed by atoms with van der Waals surface area (Å²) in [7, 11) is 0. The van der Waals surface area contributed by atoms with Crippen molar-refractivity contribution in [2.75, 3.05) is 6.54 Å². The van der Waals surface area contributed by atoms with E-state index >= 15 is 0 Å². The standard InChI is InChI=1S/C12H22N2S/c1-10-6-4-5-9-14(10)12(15)13-11-7-2-3-8-11/h10-11H,2-9H2,1H3,(H,13,15)/t10-/m1/s1. The second kappa shape index (κ2) is 5.15. The van der Waals surface area contributed by atoms with Gasteiger partial charge in [-0.25, -0.2) is 0 Å². The summed E-state index contributed by atoms with van der Waals surface area (Å²) in [6.07, 6.45) is 9.32. The van der Waals surface area contributed by atoms with Crippen LogP contribution in [0.2, 0.25) is 0 Å². The highest BCUT2D eigenvalue weighted by atomic mass is 32.1. The number of thiocarbonyl (C=S) groups is 1. The second-order valence-electron chi connectivity index (χ2n) is 4.97. The summed E-state index contributed by atoms with van der Waals surface area (Å²) in [6.45, 7) is 3.45. The molecule has 0 spiro atoms. The molecule has 86 valence electrons. The molecule has 1 aliphatic heterocycles. The van der Waals surface area contributed by atoms with Crippen molar-refractivity contribution in [3.63, 3.8) is 0 Å². The summed E-state index contributed by atoms with van der Waals surface area (Å²) >= 11 is 5.50. The monoisotopic (exact) mass is 226 g/mol. The topological polar surface area (TPSA) is 15.3 Å². The lowest BCUT2D eigenvalue weighted by Crippen LogP contribution is -2.49. The van der Waals surface area contributed by atoms with Crippen molar-refractivity contribution in [2.45, 2.75) is 64.0 Å². The molecule has 0 radical (unpaired) electrons. The van der Waals surface area contributed by atoms with E-state index in [4.69, 9.17) is 12.2 Å². The van der Waals surface area contributed by atoms with Crippen molar-refractivity contribution < 1.29 is 0 Å². The van der Waals surface area contributed by atoms with Crippen LogP contribution >= 0.6 is 12.2 Å². The van der Waals surface area contributed by atoms with Crippen molar-refractivity contribution in [1.29, 1.82) is 0 Å². The Hall–Kier alpha value is -0.310. The van der Waals surface area contributed by atoms with Gasteiger partial charge in [0.25, 0.3) is 0 Å². The number of piperidine rings is 1. The zero-order chi connectivity index (χ0) is 10.7. The first kappa shape index (κ1) is 11.2. The first-order valence-electron chi connectivity index (χ1n) is 6.34. The largest absolute Gasteiger partial charge is 0.360 e. The number of likely N-dealkylation sites (tertiary alicyclic amines) is 1. The fourth-order valence-corrected chi connectivity index (χ4v) is 3.17. The van der Waals surface area contributed by atoms with Gasteiger partial charge in [0.05, 0.1) is 0 Å². The van der Waals surface area contributed by atoms with Crippen molar-refractivity contribution in [3.8, 4) is 0 Å². The molecule has 1 N–H and O–H groups in total. The van der Waals surface area contributed by atoms with Crippen LogP contribution in [0.4, 0.5) is 0 Å². The molecule has 1 heterocycles. The van der Waals surface area contributed by atoms with Gasteiger partial charge < -0.3 is 10.2 Å². The van der Waals surface area contributed by atoms with Gasteiger partial charge in [-0.15, -0.1) is 0 Å². The zero-order valence-corrected chi connectivity index (χ0v) is 10.5. The van der Waals surface area contributed by atoms with Crippen LogP contribution < -0.4 is 5.32 Å². The Labute approximate surface area is 98.4 Å². The Morgan fingerprint density at radius 3 is 2.47 bits per heavy atom. The number of hydrogen-bond acceptors (Lipinski definition) is 1. The maximum absolute atomic E-state index is 5.50. The van der Waals surface area contributed by atoms with E-state index in [1.165, 1.54) is 44.9 Å². The Morgan fingerprint density at radius 1 is 1.13 bits per heavy atom. The van der Waals surface area contributed by atoms with Crippen LogP contribution in [0.3, 0.4) is 0 Å². The van der Waals surface area contributed by atoms with Gasteiger partial charge in [0.15, 0.2) is 5.11 Å². The molecule has 1 saturated heterocycles. The zero-order valence-electron chi connectivity index (χ0n) is 9.67. The van der Waals surface area contributed by atoms with E-state index in [0.717, 1.165) is 11.7 Å². The van der Waals surface area contributed by atoms with Gasteiger partial charge in [-0.05, 0) is 51.2 Å². The third-order valence-electron chi connectivity index (χ3n) is 3.75. The minimum atomic E-state index is 0.639. The lowest BCUT2D eigenvalue weighted by Gasteiger charge is -2.36. The number of nitrogens with one attached hydrogen (secondary N) is 1. The molecule has 2 fully saturated rings. The molecule has 0 aromatic rings. The quantitative estimate of drug-likeness (QED) is 0.692. The van der Waals surface area contributed by atoms with E-state index in [1.807, 2.05) is 0 Å². The highest BCUT2D eigenvalue weighted by Crippen LogP contribution is 2.20. The highest BCUT2D eigenvalue weighted by molar-refractivity contribution is 7.80. The molecule has 1 aliphatic carbocycles.